The molecule has 2 N–H and O–H groups in total. The molecule has 0 amide bonds. The van der Waals surface area contributed by atoms with Gasteiger partial charge in [0.25, 0.3) is 5.69 Å². The van der Waals surface area contributed by atoms with Gasteiger partial charge in [-0.25, -0.2) is 0 Å². The van der Waals surface area contributed by atoms with Crippen molar-refractivity contribution in [2.24, 2.45) is 0 Å². The SMILES string of the molecule is Nc1cc([N+](=O)[O-])cc(Cl)c1C(=O)CBr. The van der Waals surface area contributed by atoms with Gasteiger partial charge in [0.2, 0.25) is 0 Å². The Labute approximate surface area is 98.5 Å². The molecule has 1 rings (SSSR count). The molecule has 0 bridgehead atoms. The molecule has 0 spiro atoms. The van der Waals surface area contributed by atoms with Crippen molar-refractivity contribution in [3.05, 3.63) is 32.8 Å². The van der Waals surface area contributed by atoms with Crippen LogP contribution in [0, 0.1) is 10.1 Å². The number of rotatable bonds is 3. The number of alkyl halides is 1. The van der Waals surface area contributed by atoms with Gasteiger partial charge in [0.15, 0.2) is 5.78 Å². The highest BCUT2D eigenvalue weighted by Crippen LogP contribution is 2.29. The molecule has 1 aromatic carbocycles. The first-order valence-electron chi connectivity index (χ1n) is 3.80. The Bertz CT molecular complexity index is 413. The summed E-state index contributed by atoms with van der Waals surface area (Å²) in [7, 11) is 0. The van der Waals surface area contributed by atoms with Gasteiger partial charge in [-0.2, -0.15) is 0 Å². The van der Waals surface area contributed by atoms with Crippen LogP contribution < -0.4 is 5.73 Å². The number of nitrogen functional groups attached to an aromatic ring is 1. The molecule has 15 heavy (non-hydrogen) atoms. The zero-order valence-corrected chi connectivity index (χ0v) is 9.71. The van der Waals surface area contributed by atoms with Gasteiger partial charge in [0.1, 0.15) is 0 Å². The number of nitrogens with two attached hydrogens (primary N) is 1. The number of hydrogen-bond acceptors (Lipinski definition) is 4. The minimum absolute atomic E-state index is 0.00819. The second-order valence-electron chi connectivity index (χ2n) is 2.71. The van der Waals surface area contributed by atoms with E-state index in [1.165, 1.54) is 0 Å². The van der Waals surface area contributed by atoms with Crippen molar-refractivity contribution in [3.63, 3.8) is 0 Å². The largest absolute Gasteiger partial charge is 0.398 e. The van der Waals surface area contributed by atoms with E-state index in [1.807, 2.05) is 0 Å². The van der Waals surface area contributed by atoms with Crippen LogP contribution in [0.1, 0.15) is 10.4 Å². The smallest absolute Gasteiger partial charge is 0.273 e. The lowest BCUT2D eigenvalue weighted by Gasteiger charge is -2.04. The lowest BCUT2D eigenvalue weighted by atomic mass is 10.1. The van der Waals surface area contributed by atoms with Crippen molar-refractivity contribution in [2.45, 2.75) is 0 Å². The van der Waals surface area contributed by atoms with Gasteiger partial charge in [-0.15, -0.1) is 0 Å². The monoisotopic (exact) mass is 292 g/mol. The Kier molecular flexibility index (Phi) is 3.65. The Morgan fingerprint density at radius 2 is 2.20 bits per heavy atom. The molecule has 80 valence electrons. The summed E-state index contributed by atoms with van der Waals surface area (Å²) in [5.74, 6) is -0.313. The van der Waals surface area contributed by atoms with Crippen LogP contribution in [-0.4, -0.2) is 16.0 Å². The molecule has 0 radical (unpaired) electrons. The predicted octanol–water partition coefficient (Wildman–Crippen LogP) is 2.41. The number of ketones is 1. The highest BCUT2D eigenvalue weighted by atomic mass is 79.9. The van der Waals surface area contributed by atoms with E-state index in [9.17, 15) is 14.9 Å². The molecule has 0 saturated carbocycles. The first-order chi connectivity index (χ1) is 6.97. The van der Waals surface area contributed by atoms with Crippen molar-refractivity contribution >= 4 is 44.7 Å². The lowest BCUT2D eigenvalue weighted by Crippen LogP contribution is -2.06. The fourth-order valence-corrected chi connectivity index (χ4v) is 1.69. The van der Waals surface area contributed by atoms with Gasteiger partial charge in [0.05, 0.1) is 26.5 Å². The van der Waals surface area contributed by atoms with E-state index in [4.69, 9.17) is 17.3 Å². The number of nitro groups is 1. The molecule has 0 aromatic heterocycles. The van der Waals surface area contributed by atoms with Crippen LogP contribution in [0.4, 0.5) is 11.4 Å². The molecule has 0 heterocycles. The summed E-state index contributed by atoms with van der Waals surface area (Å²) in [6.45, 7) is 0. The van der Waals surface area contributed by atoms with Gasteiger partial charge in [0, 0.05) is 12.1 Å². The first kappa shape index (κ1) is 11.9. The maximum atomic E-state index is 11.4. The van der Waals surface area contributed by atoms with E-state index in [1.54, 1.807) is 0 Å². The molecule has 0 aliphatic heterocycles. The second kappa shape index (κ2) is 4.59. The van der Waals surface area contributed by atoms with Gasteiger partial charge in [-0.3, -0.25) is 14.9 Å². The van der Waals surface area contributed by atoms with Crippen LogP contribution in [-0.2, 0) is 0 Å². The molecule has 7 heteroatoms. The average molecular weight is 294 g/mol. The first-order valence-corrected chi connectivity index (χ1v) is 5.30. The minimum atomic E-state index is -0.620. The van der Waals surface area contributed by atoms with Crippen LogP contribution in [0.2, 0.25) is 5.02 Å². The zero-order valence-electron chi connectivity index (χ0n) is 7.37. The molecule has 0 unspecified atom stereocenters. The van der Waals surface area contributed by atoms with Crippen molar-refractivity contribution in [2.75, 3.05) is 11.1 Å². The van der Waals surface area contributed by atoms with E-state index in [2.05, 4.69) is 15.9 Å². The summed E-state index contributed by atoms with van der Waals surface area (Å²) >= 11 is 8.70. The standard InChI is InChI=1S/C8H6BrClN2O3/c9-3-7(13)8-5(10)1-4(12(14)15)2-6(8)11/h1-2H,3,11H2. The maximum Gasteiger partial charge on any atom is 0.273 e. The number of carbonyl (C=O) groups excluding carboxylic acids is 1. The number of benzene rings is 1. The number of carbonyl (C=O) groups is 1. The number of nitro benzene ring substituents is 1. The molecule has 0 atom stereocenters. The molecule has 0 aliphatic carbocycles. The summed E-state index contributed by atoms with van der Waals surface area (Å²) in [4.78, 5) is 21.2. The second-order valence-corrected chi connectivity index (χ2v) is 3.67. The van der Waals surface area contributed by atoms with Gasteiger partial charge < -0.3 is 5.73 Å². The van der Waals surface area contributed by atoms with Gasteiger partial charge in [-0.05, 0) is 0 Å². The third kappa shape index (κ3) is 2.45. The van der Waals surface area contributed by atoms with Crippen molar-refractivity contribution < 1.29 is 9.72 Å². The van der Waals surface area contributed by atoms with Crippen LogP contribution in [0.3, 0.4) is 0 Å². The topological polar surface area (TPSA) is 86.2 Å². The van der Waals surface area contributed by atoms with Crippen LogP contribution >= 0.6 is 27.5 Å². The summed E-state index contributed by atoms with van der Waals surface area (Å²) in [5, 5.41) is 10.5. The average Bonchev–Trinajstić information content (AvgIpc) is 2.16. The highest BCUT2D eigenvalue weighted by Gasteiger charge is 2.18. The van der Waals surface area contributed by atoms with Crippen LogP contribution in [0.15, 0.2) is 12.1 Å². The van der Waals surface area contributed by atoms with E-state index in [0.717, 1.165) is 12.1 Å². The molecule has 0 aliphatic rings. The van der Waals surface area contributed by atoms with E-state index in [-0.39, 0.29) is 33.1 Å². The Morgan fingerprint density at radius 3 is 2.60 bits per heavy atom. The zero-order chi connectivity index (χ0) is 11.6. The maximum absolute atomic E-state index is 11.4. The van der Waals surface area contributed by atoms with Crippen molar-refractivity contribution in [1.29, 1.82) is 0 Å². The summed E-state index contributed by atoms with van der Waals surface area (Å²) in [6.07, 6.45) is 0. The number of Topliss-reactive ketones (excluding diaryl/α,β-unsaturated/α-hetero) is 1. The van der Waals surface area contributed by atoms with Crippen LogP contribution in [0.25, 0.3) is 0 Å². The Hall–Kier alpha value is -1.14. The molecule has 5 nitrogen and oxygen atoms in total. The van der Waals surface area contributed by atoms with E-state index >= 15 is 0 Å². The Morgan fingerprint density at radius 1 is 1.60 bits per heavy atom. The third-order valence-electron chi connectivity index (χ3n) is 1.72. The summed E-state index contributed by atoms with van der Waals surface area (Å²) in [6, 6.07) is 2.22. The van der Waals surface area contributed by atoms with Gasteiger partial charge >= 0.3 is 0 Å². The molecular formula is C8H6BrClN2O3. The highest BCUT2D eigenvalue weighted by molar-refractivity contribution is 9.09. The molecule has 0 saturated heterocycles. The number of anilines is 1. The lowest BCUT2D eigenvalue weighted by molar-refractivity contribution is -0.384. The molecule has 1 aromatic rings. The normalized spacial score (nSPS) is 10.0. The summed E-state index contributed by atoms with van der Waals surface area (Å²) < 4.78 is 0. The van der Waals surface area contributed by atoms with E-state index < -0.39 is 4.92 Å². The number of non-ortho nitro benzene ring substituents is 1. The van der Waals surface area contributed by atoms with Gasteiger partial charge in [-0.1, -0.05) is 27.5 Å². The number of hydrogen-bond donors (Lipinski definition) is 1. The van der Waals surface area contributed by atoms with Crippen molar-refractivity contribution in [1.82, 2.24) is 0 Å². The van der Waals surface area contributed by atoms with E-state index in [0.29, 0.717) is 0 Å². The predicted molar refractivity (Wildman–Crippen MR) is 60.6 cm³/mol. The van der Waals surface area contributed by atoms with Crippen LogP contribution in [0.5, 0.6) is 0 Å². The summed E-state index contributed by atoms with van der Waals surface area (Å²) in [5.41, 5.74) is 5.40. The third-order valence-corrected chi connectivity index (χ3v) is 2.52. The minimum Gasteiger partial charge on any atom is -0.398 e. The molecule has 0 fully saturated rings. The molecular weight excluding hydrogens is 287 g/mol. The fourth-order valence-electron chi connectivity index (χ4n) is 1.08. The number of nitrogens with zero attached hydrogens (tertiary/aromatic N) is 1. The van der Waals surface area contributed by atoms with Crippen molar-refractivity contribution in [3.8, 4) is 0 Å². The Balaban J connectivity index is 3.33. The fraction of sp³-hybridized carbons (Fsp3) is 0.125. The number of halogens is 2. The quantitative estimate of drug-likeness (QED) is 0.305.